The van der Waals surface area contributed by atoms with E-state index in [9.17, 15) is 0 Å². The van der Waals surface area contributed by atoms with Crippen molar-refractivity contribution in [2.45, 2.75) is 57.5 Å². The Bertz CT molecular complexity index is 220. The van der Waals surface area contributed by atoms with Crippen molar-refractivity contribution in [1.29, 1.82) is 0 Å². The maximum atomic E-state index is 8.88. The lowest BCUT2D eigenvalue weighted by Crippen LogP contribution is -2.48. The summed E-state index contributed by atoms with van der Waals surface area (Å²) in [7, 11) is 0. The molecule has 1 rings (SSSR count). The van der Waals surface area contributed by atoms with Gasteiger partial charge < -0.3 is 16.2 Å². The van der Waals surface area contributed by atoms with Crippen LogP contribution in [0.25, 0.3) is 0 Å². The molecule has 0 aliphatic heterocycles. The molecule has 1 aliphatic rings. The van der Waals surface area contributed by atoms with Gasteiger partial charge in [0.15, 0.2) is 5.96 Å². The fourth-order valence-corrected chi connectivity index (χ4v) is 1.95. The van der Waals surface area contributed by atoms with Gasteiger partial charge in [-0.05, 0) is 33.1 Å². The highest BCUT2D eigenvalue weighted by Gasteiger charge is 2.19. The van der Waals surface area contributed by atoms with Gasteiger partial charge in [-0.3, -0.25) is 4.99 Å². The fraction of sp³-hybridized carbons (Fsp3) is 0.909. The predicted octanol–water partition coefficient (Wildman–Crippen LogP) is 0.994. The Balaban J connectivity index is 2.42. The van der Waals surface area contributed by atoms with E-state index in [2.05, 4.69) is 10.3 Å². The minimum absolute atomic E-state index is 0.163. The zero-order chi connectivity index (χ0) is 11.3. The number of nitrogens with zero attached hydrogens (tertiary/aromatic N) is 1. The van der Waals surface area contributed by atoms with E-state index in [0.717, 1.165) is 12.8 Å². The van der Waals surface area contributed by atoms with Crippen LogP contribution in [0.5, 0.6) is 0 Å². The van der Waals surface area contributed by atoms with E-state index in [4.69, 9.17) is 10.8 Å². The SMILES string of the molecule is CC(C)(CCO)NC(N)=NC1CCCC1. The molecule has 0 spiro atoms. The van der Waals surface area contributed by atoms with Crippen LogP contribution in [0.4, 0.5) is 0 Å². The Hall–Kier alpha value is -0.770. The summed E-state index contributed by atoms with van der Waals surface area (Å²) in [6.07, 6.45) is 5.52. The summed E-state index contributed by atoms with van der Waals surface area (Å²) < 4.78 is 0. The van der Waals surface area contributed by atoms with Crippen molar-refractivity contribution in [3.63, 3.8) is 0 Å². The summed E-state index contributed by atoms with van der Waals surface area (Å²) in [5.74, 6) is 0.514. The van der Waals surface area contributed by atoms with Gasteiger partial charge in [0.25, 0.3) is 0 Å². The smallest absolute Gasteiger partial charge is 0.189 e. The summed E-state index contributed by atoms with van der Waals surface area (Å²) >= 11 is 0. The van der Waals surface area contributed by atoms with Crippen LogP contribution in [0.15, 0.2) is 4.99 Å². The summed E-state index contributed by atoms with van der Waals surface area (Å²) in [6, 6.07) is 0.405. The Morgan fingerprint density at radius 2 is 2.07 bits per heavy atom. The average molecular weight is 213 g/mol. The van der Waals surface area contributed by atoms with Gasteiger partial charge in [-0.2, -0.15) is 0 Å². The van der Waals surface area contributed by atoms with E-state index < -0.39 is 0 Å². The lowest BCUT2D eigenvalue weighted by molar-refractivity contribution is 0.244. The minimum Gasteiger partial charge on any atom is -0.396 e. The molecule has 0 heterocycles. The second-order valence-electron chi connectivity index (χ2n) is 4.94. The lowest BCUT2D eigenvalue weighted by Gasteiger charge is -2.26. The molecule has 88 valence electrons. The second-order valence-corrected chi connectivity index (χ2v) is 4.94. The van der Waals surface area contributed by atoms with Crippen LogP contribution < -0.4 is 11.1 Å². The summed E-state index contributed by atoms with van der Waals surface area (Å²) in [5, 5.41) is 12.0. The molecule has 4 heteroatoms. The van der Waals surface area contributed by atoms with E-state index >= 15 is 0 Å². The van der Waals surface area contributed by atoms with Crippen LogP contribution in [0, 0.1) is 0 Å². The summed E-state index contributed by atoms with van der Waals surface area (Å²) in [6.45, 7) is 4.19. The Labute approximate surface area is 92.0 Å². The Kier molecular flexibility index (Phi) is 4.39. The molecule has 4 N–H and O–H groups in total. The number of nitrogens with one attached hydrogen (secondary N) is 1. The van der Waals surface area contributed by atoms with Crippen molar-refractivity contribution in [2.75, 3.05) is 6.61 Å². The third kappa shape index (κ3) is 4.51. The van der Waals surface area contributed by atoms with Crippen molar-refractivity contribution in [3.05, 3.63) is 0 Å². The van der Waals surface area contributed by atoms with Crippen molar-refractivity contribution < 1.29 is 5.11 Å². The first-order valence-corrected chi connectivity index (χ1v) is 5.76. The van der Waals surface area contributed by atoms with Gasteiger partial charge in [-0.15, -0.1) is 0 Å². The molecule has 0 aromatic rings. The van der Waals surface area contributed by atoms with E-state index in [1.54, 1.807) is 0 Å². The molecule has 0 aromatic carbocycles. The number of nitrogens with two attached hydrogens (primary N) is 1. The van der Waals surface area contributed by atoms with E-state index in [0.29, 0.717) is 18.4 Å². The zero-order valence-electron chi connectivity index (χ0n) is 9.79. The molecule has 1 saturated carbocycles. The van der Waals surface area contributed by atoms with Crippen molar-refractivity contribution in [3.8, 4) is 0 Å². The molecule has 0 saturated heterocycles. The molecule has 0 amide bonds. The molecule has 0 radical (unpaired) electrons. The topological polar surface area (TPSA) is 70.6 Å². The Morgan fingerprint density at radius 1 is 1.47 bits per heavy atom. The highest BCUT2D eigenvalue weighted by atomic mass is 16.3. The Morgan fingerprint density at radius 3 is 2.60 bits per heavy atom. The number of hydrogen-bond donors (Lipinski definition) is 3. The zero-order valence-corrected chi connectivity index (χ0v) is 9.79. The highest BCUT2D eigenvalue weighted by molar-refractivity contribution is 5.78. The first kappa shape index (κ1) is 12.3. The number of aliphatic hydroxyl groups excluding tert-OH is 1. The molecule has 0 atom stereocenters. The van der Waals surface area contributed by atoms with E-state index in [-0.39, 0.29) is 12.1 Å². The predicted molar refractivity (Wildman–Crippen MR) is 62.8 cm³/mol. The maximum absolute atomic E-state index is 8.88. The first-order chi connectivity index (χ1) is 7.03. The minimum atomic E-state index is -0.180. The van der Waals surface area contributed by atoms with Crippen LogP contribution >= 0.6 is 0 Å². The molecule has 15 heavy (non-hydrogen) atoms. The molecular formula is C11H23N3O. The number of aliphatic hydroxyl groups is 1. The van der Waals surface area contributed by atoms with Gasteiger partial charge in [0.05, 0.1) is 6.04 Å². The number of guanidine groups is 1. The molecule has 1 fully saturated rings. The largest absolute Gasteiger partial charge is 0.396 e. The van der Waals surface area contributed by atoms with Crippen LogP contribution in [0.2, 0.25) is 0 Å². The molecule has 0 bridgehead atoms. The van der Waals surface area contributed by atoms with E-state index in [1.165, 1.54) is 12.8 Å². The highest BCUT2D eigenvalue weighted by Crippen LogP contribution is 2.20. The molecule has 0 aromatic heterocycles. The number of rotatable bonds is 4. The van der Waals surface area contributed by atoms with Crippen molar-refractivity contribution in [1.82, 2.24) is 5.32 Å². The fourth-order valence-electron chi connectivity index (χ4n) is 1.95. The van der Waals surface area contributed by atoms with Crippen molar-refractivity contribution in [2.24, 2.45) is 10.7 Å². The number of aliphatic imine (C=N–C) groups is 1. The van der Waals surface area contributed by atoms with Gasteiger partial charge in [0, 0.05) is 12.1 Å². The van der Waals surface area contributed by atoms with Gasteiger partial charge in [-0.25, -0.2) is 0 Å². The third-order valence-corrected chi connectivity index (χ3v) is 2.85. The summed E-state index contributed by atoms with van der Waals surface area (Å²) in [4.78, 5) is 4.45. The van der Waals surface area contributed by atoms with Gasteiger partial charge in [-0.1, -0.05) is 12.8 Å². The van der Waals surface area contributed by atoms with Crippen LogP contribution in [0.1, 0.15) is 46.0 Å². The van der Waals surface area contributed by atoms with Crippen LogP contribution in [-0.2, 0) is 0 Å². The number of hydrogen-bond acceptors (Lipinski definition) is 2. The van der Waals surface area contributed by atoms with E-state index in [1.807, 2.05) is 13.8 Å². The molecular weight excluding hydrogens is 190 g/mol. The maximum Gasteiger partial charge on any atom is 0.189 e. The molecule has 0 unspecified atom stereocenters. The first-order valence-electron chi connectivity index (χ1n) is 5.76. The molecule has 4 nitrogen and oxygen atoms in total. The second kappa shape index (κ2) is 5.35. The third-order valence-electron chi connectivity index (χ3n) is 2.85. The van der Waals surface area contributed by atoms with Crippen molar-refractivity contribution >= 4 is 5.96 Å². The molecule has 1 aliphatic carbocycles. The van der Waals surface area contributed by atoms with Crippen LogP contribution in [-0.4, -0.2) is 29.3 Å². The van der Waals surface area contributed by atoms with Gasteiger partial charge in [0.1, 0.15) is 0 Å². The van der Waals surface area contributed by atoms with Gasteiger partial charge in [0.2, 0.25) is 0 Å². The summed E-state index contributed by atoms with van der Waals surface area (Å²) in [5.41, 5.74) is 5.65. The lowest BCUT2D eigenvalue weighted by atomic mass is 10.0. The van der Waals surface area contributed by atoms with Crippen LogP contribution in [0.3, 0.4) is 0 Å². The quantitative estimate of drug-likeness (QED) is 0.482. The normalized spacial score (nSPS) is 19.5. The monoisotopic (exact) mass is 213 g/mol. The average Bonchev–Trinajstić information content (AvgIpc) is 2.54. The van der Waals surface area contributed by atoms with Gasteiger partial charge >= 0.3 is 0 Å². The standard InChI is InChI=1S/C11H23N3O/c1-11(2,7-8-15)14-10(12)13-9-5-3-4-6-9/h9,15H,3-8H2,1-2H3,(H3,12,13,14).